The zero-order chi connectivity index (χ0) is 20.1. The van der Waals surface area contributed by atoms with E-state index in [0.29, 0.717) is 20.3 Å². The van der Waals surface area contributed by atoms with Crippen LogP contribution in [0.3, 0.4) is 0 Å². The Bertz CT molecular complexity index is 979. The molecule has 0 heterocycles. The molecule has 10 heteroatoms. The number of nitriles is 1. The molecule has 0 fully saturated rings. The third kappa shape index (κ3) is 5.07. The molecular weight excluding hydrogens is 505 g/mol. The lowest BCUT2D eigenvalue weighted by atomic mass is 10.1. The molecule has 1 amide bonds. The number of nitro groups is 1. The maximum Gasteiger partial charge on any atom is 0.294 e. The highest BCUT2D eigenvalue weighted by atomic mass is 79.9. The number of carbonyl (C=O) groups excluding carboxylic acids is 1. The monoisotopic (exact) mass is 513 g/mol. The second-order valence-electron chi connectivity index (χ2n) is 5.06. The van der Waals surface area contributed by atoms with Gasteiger partial charge in [0.15, 0.2) is 0 Å². The van der Waals surface area contributed by atoms with Gasteiger partial charge in [0.2, 0.25) is 0 Å². The molecule has 0 saturated heterocycles. The standard InChI is InChI=1S/C17H10Br2ClN3O4/c1-27-16-12(18)5-9(6-13(16)19)4-10(8-21)17(24)22-14-3-2-11(20)7-15(14)23(25)26/h2-7H,1H3,(H,22,24). The lowest BCUT2D eigenvalue weighted by molar-refractivity contribution is -0.383. The minimum absolute atomic E-state index is 0.0624. The third-order valence-corrected chi connectivity index (χ3v) is 4.72. The number of halogens is 3. The Morgan fingerprint density at radius 1 is 1.33 bits per heavy atom. The topological polar surface area (TPSA) is 105 Å². The second kappa shape index (κ2) is 8.99. The molecule has 0 aliphatic rings. The zero-order valence-electron chi connectivity index (χ0n) is 13.6. The van der Waals surface area contributed by atoms with Crippen LogP contribution in [0.5, 0.6) is 5.75 Å². The van der Waals surface area contributed by atoms with Gasteiger partial charge < -0.3 is 10.1 Å². The molecule has 0 aliphatic carbocycles. The first-order valence-electron chi connectivity index (χ1n) is 7.17. The van der Waals surface area contributed by atoms with Gasteiger partial charge in [0.1, 0.15) is 23.1 Å². The number of rotatable bonds is 5. The van der Waals surface area contributed by atoms with E-state index in [9.17, 15) is 20.2 Å². The smallest absolute Gasteiger partial charge is 0.294 e. The third-order valence-electron chi connectivity index (χ3n) is 3.31. The molecule has 0 aliphatic heterocycles. The Morgan fingerprint density at radius 2 is 1.96 bits per heavy atom. The number of anilines is 1. The van der Waals surface area contributed by atoms with Crippen LogP contribution in [0.2, 0.25) is 5.02 Å². The highest BCUT2D eigenvalue weighted by Crippen LogP contribution is 2.35. The molecule has 27 heavy (non-hydrogen) atoms. The van der Waals surface area contributed by atoms with Crippen molar-refractivity contribution in [2.45, 2.75) is 0 Å². The molecule has 0 saturated carbocycles. The number of nitrogens with zero attached hydrogens (tertiary/aromatic N) is 2. The summed E-state index contributed by atoms with van der Waals surface area (Å²) < 4.78 is 6.44. The van der Waals surface area contributed by atoms with Crippen LogP contribution in [0, 0.1) is 21.4 Å². The van der Waals surface area contributed by atoms with Crippen molar-refractivity contribution in [3.05, 3.63) is 65.6 Å². The molecule has 138 valence electrons. The van der Waals surface area contributed by atoms with Crippen molar-refractivity contribution in [2.75, 3.05) is 12.4 Å². The van der Waals surface area contributed by atoms with Gasteiger partial charge >= 0.3 is 0 Å². The van der Waals surface area contributed by atoms with E-state index in [0.717, 1.165) is 6.07 Å². The maximum atomic E-state index is 12.4. The number of hydrogen-bond acceptors (Lipinski definition) is 5. The summed E-state index contributed by atoms with van der Waals surface area (Å²) in [5.74, 6) is -0.224. The van der Waals surface area contributed by atoms with Crippen molar-refractivity contribution in [2.24, 2.45) is 0 Å². The summed E-state index contributed by atoms with van der Waals surface area (Å²) in [6, 6.07) is 8.94. The highest BCUT2D eigenvalue weighted by molar-refractivity contribution is 9.11. The van der Waals surface area contributed by atoms with E-state index in [1.807, 2.05) is 0 Å². The van der Waals surface area contributed by atoms with E-state index in [2.05, 4.69) is 37.2 Å². The summed E-state index contributed by atoms with van der Waals surface area (Å²) in [7, 11) is 1.51. The molecule has 2 aromatic carbocycles. The maximum absolute atomic E-state index is 12.4. The van der Waals surface area contributed by atoms with Gasteiger partial charge in [0, 0.05) is 11.1 Å². The molecule has 1 N–H and O–H groups in total. The molecule has 2 rings (SSSR count). The SMILES string of the molecule is COc1c(Br)cc(C=C(C#N)C(=O)Nc2ccc(Cl)cc2[N+](=O)[O-])cc1Br. The van der Waals surface area contributed by atoms with E-state index >= 15 is 0 Å². The minimum Gasteiger partial charge on any atom is -0.494 e. The Kier molecular flexibility index (Phi) is 6.96. The van der Waals surface area contributed by atoms with Crippen molar-refractivity contribution in [1.82, 2.24) is 0 Å². The summed E-state index contributed by atoms with van der Waals surface area (Å²) in [6.45, 7) is 0. The fourth-order valence-corrected chi connectivity index (χ4v) is 3.84. The van der Waals surface area contributed by atoms with Crippen LogP contribution < -0.4 is 10.1 Å². The van der Waals surface area contributed by atoms with Crippen molar-refractivity contribution >= 4 is 66.8 Å². The first-order valence-corrected chi connectivity index (χ1v) is 9.13. The molecule has 0 atom stereocenters. The van der Waals surface area contributed by atoms with Gasteiger partial charge in [0.25, 0.3) is 11.6 Å². The van der Waals surface area contributed by atoms with Crippen LogP contribution in [0.1, 0.15) is 5.56 Å². The minimum atomic E-state index is -0.786. The number of nitrogens with one attached hydrogen (secondary N) is 1. The summed E-state index contributed by atoms with van der Waals surface area (Å²) >= 11 is 12.4. The van der Waals surface area contributed by atoms with E-state index in [4.69, 9.17) is 16.3 Å². The van der Waals surface area contributed by atoms with Gasteiger partial charge in [-0.05, 0) is 67.8 Å². The quantitative estimate of drug-likeness (QED) is 0.251. The molecule has 0 unspecified atom stereocenters. The Hall–Kier alpha value is -2.41. The summed E-state index contributed by atoms with van der Waals surface area (Å²) in [5.41, 5.74) is -0.120. The molecule has 0 bridgehead atoms. The van der Waals surface area contributed by atoms with Crippen molar-refractivity contribution in [1.29, 1.82) is 5.26 Å². The number of hydrogen-bond donors (Lipinski definition) is 1. The van der Waals surface area contributed by atoms with Crippen molar-refractivity contribution in [3.63, 3.8) is 0 Å². The van der Waals surface area contributed by atoms with Crippen LogP contribution >= 0.6 is 43.5 Å². The average molecular weight is 516 g/mol. The second-order valence-corrected chi connectivity index (χ2v) is 7.21. The van der Waals surface area contributed by atoms with Crippen LogP contribution in [-0.2, 0) is 4.79 Å². The Morgan fingerprint density at radius 3 is 2.48 bits per heavy atom. The summed E-state index contributed by atoms with van der Waals surface area (Å²) in [4.78, 5) is 22.8. The van der Waals surface area contributed by atoms with E-state index < -0.39 is 10.8 Å². The van der Waals surface area contributed by atoms with Gasteiger partial charge in [-0.3, -0.25) is 14.9 Å². The molecule has 0 aromatic heterocycles. The van der Waals surface area contributed by atoms with Crippen molar-refractivity contribution in [3.8, 4) is 11.8 Å². The number of amides is 1. The number of carbonyl (C=O) groups is 1. The summed E-state index contributed by atoms with van der Waals surface area (Å²) in [5, 5.41) is 23.0. The van der Waals surface area contributed by atoms with Gasteiger partial charge in [-0.15, -0.1) is 0 Å². The summed E-state index contributed by atoms with van der Waals surface area (Å²) in [6.07, 6.45) is 1.35. The van der Waals surface area contributed by atoms with Crippen LogP contribution in [0.4, 0.5) is 11.4 Å². The lowest BCUT2D eigenvalue weighted by Gasteiger charge is -2.08. The first kappa shape index (κ1) is 20.9. The molecular formula is C17H10Br2ClN3O4. The van der Waals surface area contributed by atoms with E-state index in [-0.39, 0.29) is 22.0 Å². The average Bonchev–Trinajstić information content (AvgIpc) is 2.60. The fraction of sp³-hybridized carbons (Fsp3) is 0.0588. The van der Waals surface area contributed by atoms with Gasteiger partial charge in [-0.1, -0.05) is 11.6 Å². The molecule has 2 aromatic rings. The number of methoxy groups -OCH3 is 1. The number of ether oxygens (including phenoxy) is 1. The van der Waals surface area contributed by atoms with Crippen LogP contribution in [-0.4, -0.2) is 17.9 Å². The van der Waals surface area contributed by atoms with E-state index in [1.165, 1.54) is 25.3 Å². The molecule has 0 radical (unpaired) electrons. The predicted octanol–water partition coefficient (Wildman–Crippen LogP) is 5.33. The Balaban J connectivity index is 2.36. The molecule has 0 spiro atoms. The predicted molar refractivity (Wildman–Crippen MR) is 109 cm³/mol. The normalized spacial score (nSPS) is 10.9. The fourth-order valence-electron chi connectivity index (χ4n) is 2.12. The van der Waals surface area contributed by atoms with Crippen LogP contribution in [0.25, 0.3) is 6.08 Å². The lowest BCUT2D eigenvalue weighted by Crippen LogP contribution is -2.14. The van der Waals surface area contributed by atoms with E-state index in [1.54, 1.807) is 18.2 Å². The first-order chi connectivity index (χ1) is 12.8. The van der Waals surface area contributed by atoms with Gasteiger partial charge in [0.05, 0.1) is 21.0 Å². The molecule has 7 nitrogen and oxygen atoms in total. The Labute approximate surface area is 176 Å². The van der Waals surface area contributed by atoms with Crippen molar-refractivity contribution < 1.29 is 14.5 Å². The zero-order valence-corrected chi connectivity index (χ0v) is 17.6. The van der Waals surface area contributed by atoms with Crippen LogP contribution in [0.15, 0.2) is 44.9 Å². The highest BCUT2D eigenvalue weighted by Gasteiger charge is 2.19. The number of nitro benzene ring substituents is 1. The van der Waals surface area contributed by atoms with Gasteiger partial charge in [-0.25, -0.2) is 0 Å². The van der Waals surface area contributed by atoms with Gasteiger partial charge in [-0.2, -0.15) is 5.26 Å². The number of benzene rings is 2. The largest absolute Gasteiger partial charge is 0.494 e.